The summed E-state index contributed by atoms with van der Waals surface area (Å²) in [6, 6.07) is 0. The summed E-state index contributed by atoms with van der Waals surface area (Å²) in [5.74, 6) is 0.619. The van der Waals surface area contributed by atoms with E-state index in [9.17, 15) is 5.11 Å². The van der Waals surface area contributed by atoms with Gasteiger partial charge in [0.2, 0.25) is 0 Å². The number of hydrogen-bond acceptors (Lipinski definition) is 3. The largest absolute Gasteiger partial charge is 0.387 e. The topological polar surface area (TPSA) is 36.0 Å². The van der Waals surface area contributed by atoms with E-state index in [0.717, 1.165) is 26.2 Å². The molecule has 0 aromatic heterocycles. The average Bonchev–Trinajstić information content (AvgIpc) is 2.81. The van der Waals surface area contributed by atoms with E-state index in [4.69, 9.17) is 4.74 Å². The Labute approximate surface area is 72.3 Å². The van der Waals surface area contributed by atoms with Crippen molar-refractivity contribution in [2.24, 2.45) is 5.92 Å². The summed E-state index contributed by atoms with van der Waals surface area (Å²) in [5, 5.41) is 9.97. The Morgan fingerprint density at radius 1 is 1.42 bits per heavy atom. The highest BCUT2D eigenvalue weighted by Gasteiger charge is 2.52. The maximum atomic E-state index is 9.97. The first kappa shape index (κ1) is 7.30. The summed E-state index contributed by atoms with van der Waals surface area (Å²) in [4.78, 5) is 2.30. The minimum absolute atomic E-state index is 0.311. The van der Waals surface area contributed by atoms with Crippen LogP contribution in [-0.4, -0.2) is 48.0 Å². The second-order valence-electron chi connectivity index (χ2n) is 4.50. The molecular formula is C9H15NO2. The van der Waals surface area contributed by atoms with Gasteiger partial charge in [-0.3, -0.25) is 4.90 Å². The van der Waals surface area contributed by atoms with Crippen molar-refractivity contribution >= 4 is 0 Å². The van der Waals surface area contributed by atoms with Crippen LogP contribution in [-0.2, 0) is 4.74 Å². The summed E-state index contributed by atoms with van der Waals surface area (Å²) < 4.78 is 5.14. The zero-order valence-electron chi connectivity index (χ0n) is 7.20. The number of ether oxygens (including phenoxy) is 1. The second kappa shape index (κ2) is 2.22. The Bertz CT molecular complexity index is 193. The van der Waals surface area contributed by atoms with Crippen molar-refractivity contribution in [1.82, 2.24) is 4.90 Å². The van der Waals surface area contributed by atoms with Gasteiger partial charge < -0.3 is 9.84 Å². The lowest BCUT2D eigenvalue weighted by atomic mass is 9.89. The monoisotopic (exact) mass is 169 g/mol. The molecule has 0 aromatic carbocycles. The van der Waals surface area contributed by atoms with Gasteiger partial charge in [0, 0.05) is 19.6 Å². The predicted octanol–water partition coefficient (Wildman–Crippen LogP) is -0.158. The lowest BCUT2D eigenvalue weighted by molar-refractivity contribution is -0.114. The minimum Gasteiger partial charge on any atom is -0.387 e. The molecule has 3 nitrogen and oxygen atoms in total. The summed E-state index contributed by atoms with van der Waals surface area (Å²) in [5.41, 5.74) is -0.311. The highest BCUT2D eigenvalue weighted by molar-refractivity contribution is 5.05. The quantitative estimate of drug-likeness (QED) is 0.596. The van der Waals surface area contributed by atoms with Gasteiger partial charge in [0.05, 0.1) is 18.3 Å². The second-order valence-corrected chi connectivity index (χ2v) is 4.50. The molecule has 3 aliphatic rings. The van der Waals surface area contributed by atoms with E-state index >= 15 is 0 Å². The van der Waals surface area contributed by atoms with Crippen LogP contribution in [0.5, 0.6) is 0 Å². The molecule has 1 N–H and O–H groups in total. The maximum Gasteiger partial charge on any atom is 0.0936 e. The van der Waals surface area contributed by atoms with Gasteiger partial charge in [-0.25, -0.2) is 0 Å². The molecular weight excluding hydrogens is 154 g/mol. The van der Waals surface area contributed by atoms with Crippen LogP contribution < -0.4 is 0 Å². The number of hydrogen-bond donors (Lipinski definition) is 1. The third-order valence-electron chi connectivity index (χ3n) is 3.20. The molecule has 2 aliphatic heterocycles. The van der Waals surface area contributed by atoms with Gasteiger partial charge in [-0.05, 0) is 18.8 Å². The predicted molar refractivity (Wildman–Crippen MR) is 43.9 cm³/mol. The molecule has 1 saturated carbocycles. The van der Waals surface area contributed by atoms with Crippen molar-refractivity contribution in [2.45, 2.75) is 24.5 Å². The summed E-state index contributed by atoms with van der Waals surface area (Å²) in [6.45, 7) is 3.74. The molecule has 1 atom stereocenters. The highest BCUT2D eigenvalue weighted by Crippen LogP contribution is 2.44. The van der Waals surface area contributed by atoms with Gasteiger partial charge in [-0.2, -0.15) is 0 Å². The SMILES string of the molecule is OC1(C2CC2)CN(C[C@H]2CO2)C1. The van der Waals surface area contributed by atoms with Crippen molar-refractivity contribution < 1.29 is 9.84 Å². The molecule has 3 heteroatoms. The van der Waals surface area contributed by atoms with Gasteiger partial charge in [-0.1, -0.05) is 0 Å². The molecule has 0 bridgehead atoms. The third kappa shape index (κ3) is 1.16. The van der Waals surface area contributed by atoms with E-state index in [1.807, 2.05) is 0 Å². The lowest BCUT2D eigenvalue weighted by Crippen LogP contribution is -2.63. The molecule has 3 rings (SSSR count). The molecule has 0 spiro atoms. The van der Waals surface area contributed by atoms with E-state index in [1.165, 1.54) is 12.8 Å². The summed E-state index contributed by atoms with van der Waals surface area (Å²) in [6.07, 6.45) is 2.96. The van der Waals surface area contributed by atoms with Crippen LogP contribution in [0.4, 0.5) is 0 Å². The Balaban J connectivity index is 1.49. The standard InChI is InChI=1S/C9H15NO2/c11-9(7-1-2-7)5-10(6-9)3-8-4-12-8/h7-8,11H,1-6H2/t8-/m0/s1. The maximum absolute atomic E-state index is 9.97. The first-order valence-electron chi connectivity index (χ1n) is 4.83. The van der Waals surface area contributed by atoms with Crippen LogP contribution in [0.2, 0.25) is 0 Å². The molecule has 0 unspecified atom stereocenters. The van der Waals surface area contributed by atoms with Gasteiger partial charge >= 0.3 is 0 Å². The molecule has 1 aliphatic carbocycles. The van der Waals surface area contributed by atoms with Crippen molar-refractivity contribution in [1.29, 1.82) is 0 Å². The summed E-state index contributed by atoms with van der Waals surface area (Å²) >= 11 is 0. The van der Waals surface area contributed by atoms with Crippen molar-refractivity contribution in [3.8, 4) is 0 Å². The zero-order valence-corrected chi connectivity index (χ0v) is 7.20. The number of epoxide rings is 1. The molecule has 68 valence electrons. The fraction of sp³-hybridized carbons (Fsp3) is 1.00. The number of likely N-dealkylation sites (tertiary alicyclic amines) is 1. The fourth-order valence-corrected chi connectivity index (χ4v) is 2.20. The molecule has 2 saturated heterocycles. The first-order chi connectivity index (χ1) is 5.76. The lowest BCUT2D eigenvalue weighted by Gasteiger charge is -2.46. The Morgan fingerprint density at radius 2 is 2.08 bits per heavy atom. The van der Waals surface area contributed by atoms with E-state index in [2.05, 4.69) is 4.90 Å². The van der Waals surface area contributed by atoms with Gasteiger partial charge in [0.15, 0.2) is 0 Å². The number of aliphatic hydroxyl groups is 1. The van der Waals surface area contributed by atoms with Gasteiger partial charge in [0.25, 0.3) is 0 Å². The first-order valence-corrected chi connectivity index (χ1v) is 4.83. The Hall–Kier alpha value is -0.120. The van der Waals surface area contributed by atoms with E-state index < -0.39 is 0 Å². The average molecular weight is 169 g/mol. The molecule has 0 radical (unpaired) electrons. The van der Waals surface area contributed by atoms with Crippen molar-refractivity contribution in [2.75, 3.05) is 26.2 Å². The smallest absolute Gasteiger partial charge is 0.0936 e. The number of nitrogens with zero attached hydrogens (tertiary/aromatic N) is 1. The fourth-order valence-electron chi connectivity index (χ4n) is 2.20. The van der Waals surface area contributed by atoms with Gasteiger partial charge in [0.1, 0.15) is 0 Å². The van der Waals surface area contributed by atoms with E-state index in [0.29, 0.717) is 12.0 Å². The van der Waals surface area contributed by atoms with Crippen molar-refractivity contribution in [3.05, 3.63) is 0 Å². The van der Waals surface area contributed by atoms with Crippen molar-refractivity contribution in [3.63, 3.8) is 0 Å². The summed E-state index contributed by atoms with van der Waals surface area (Å²) in [7, 11) is 0. The molecule has 12 heavy (non-hydrogen) atoms. The van der Waals surface area contributed by atoms with Gasteiger partial charge in [-0.15, -0.1) is 0 Å². The number of rotatable bonds is 3. The highest BCUT2D eigenvalue weighted by atomic mass is 16.6. The van der Waals surface area contributed by atoms with Crippen LogP contribution in [0.1, 0.15) is 12.8 Å². The normalized spacial score (nSPS) is 39.2. The minimum atomic E-state index is -0.311. The van der Waals surface area contributed by atoms with E-state index in [1.54, 1.807) is 0 Å². The zero-order chi connectivity index (χ0) is 8.18. The number of β-amino-alcohol motifs (C(OH)–C–C–N with tert-alkyl or cyclic N) is 1. The Morgan fingerprint density at radius 3 is 2.58 bits per heavy atom. The Kier molecular flexibility index (Phi) is 1.35. The molecule has 2 heterocycles. The van der Waals surface area contributed by atoms with Crippen LogP contribution in [0.25, 0.3) is 0 Å². The van der Waals surface area contributed by atoms with Crippen LogP contribution in [0.3, 0.4) is 0 Å². The van der Waals surface area contributed by atoms with Crippen LogP contribution in [0, 0.1) is 5.92 Å². The molecule has 0 aromatic rings. The molecule has 0 amide bonds. The van der Waals surface area contributed by atoms with E-state index in [-0.39, 0.29) is 5.60 Å². The third-order valence-corrected chi connectivity index (χ3v) is 3.20. The van der Waals surface area contributed by atoms with Crippen LogP contribution >= 0.6 is 0 Å². The van der Waals surface area contributed by atoms with Crippen LogP contribution in [0.15, 0.2) is 0 Å². The molecule has 3 fully saturated rings.